The van der Waals surface area contributed by atoms with Crippen LogP contribution >= 0.6 is 23.2 Å². The number of nitrogens with zero attached hydrogens (tertiary/aromatic N) is 1. The number of hydrogen-bond acceptors (Lipinski definition) is 3. The minimum absolute atomic E-state index is 0.0579. The summed E-state index contributed by atoms with van der Waals surface area (Å²) in [5, 5.41) is 4.27. The summed E-state index contributed by atoms with van der Waals surface area (Å²) in [5.74, 6) is 0.00368. The molecule has 1 N–H and O–H groups in total. The maximum absolute atomic E-state index is 13.1. The van der Waals surface area contributed by atoms with Gasteiger partial charge in [0.25, 0.3) is 0 Å². The highest BCUT2D eigenvalue weighted by Gasteiger charge is 2.39. The van der Waals surface area contributed by atoms with E-state index >= 15 is 0 Å². The van der Waals surface area contributed by atoms with Gasteiger partial charge in [0, 0.05) is 24.1 Å². The van der Waals surface area contributed by atoms with E-state index in [4.69, 9.17) is 23.2 Å². The van der Waals surface area contributed by atoms with Crippen molar-refractivity contribution in [3.05, 3.63) is 69.3 Å². The molecule has 1 aliphatic carbocycles. The Kier molecular flexibility index (Phi) is 5.17. The number of rotatable bonds is 2. The Morgan fingerprint density at radius 3 is 2.68 bits per heavy atom. The number of anilines is 2. The molecule has 6 heteroatoms. The van der Waals surface area contributed by atoms with Crippen LogP contribution in [-0.2, 0) is 9.59 Å². The molecule has 1 heterocycles. The lowest BCUT2D eigenvalue weighted by Gasteiger charge is -2.34. The van der Waals surface area contributed by atoms with Crippen molar-refractivity contribution in [2.45, 2.75) is 38.6 Å². The zero-order valence-electron chi connectivity index (χ0n) is 15.5. The maximum Gasteiger partial charge on any atom is 0.227 e. The molecule has 0 saturated heterocycles. The summed E-state index contributed by atoms with van der Waals surface area (Å²) in [4.78, 5) is 27.9. The molecule has 0 aromatic heterocycles. The number of halogens is 2. The Morgan fingerprint density at radius 2 is 1.93 bits per heavy atom. The van der Waals surface area contributed by atoms with Gasteiger partial charge in [-0.3, -0.25) is 14.5 Å². The van der Waals surface area contributed by atoms with E-state index in [0.717, 1.165) is 35.5 Å². The van der Waals surface area contributed by atoms with Crippen LogP contribution in [-0.4, -0.2) is 11.7 Å². The molecular weight excluding hydrogens is 395 g/mol. The highest BCUT2D eigenvalue weighted by Crippen LogP contribution is 2.45. The van der Waals surface area contributed by atoms with Gasteiger partial charge in [0.15, 0.2) is 5.78 Å². The smallest absolute Gasteiger partial charge is 0.227 e. The van der Waals surface area contributed by atoms with Crippen molar-refractivity contribution < 1.29 is 9.59 Å². The Bertz CT molecular complexity index is 1000. The monoisotopic (exact) mass is 414 g/mol. The van der Waals surface area contributed by atoms with E-state index in [-0.39, 0.29) is 11.7 Å². The zero-order chi connectivity index (χ0) is 19.8. The molecule has 0 bridgehead atoms. The molecular formula is C22H20Cl2N2O2. The summed E-state index contributed by atoms with van der Waals surface area (Å²) in [7, 11) is 0. The van der Waals surface area contributed by atoms with E-state index in [1.165, 1.54) is 0 Å². The normalized spacial score (nSPS) is 18.9. The van der Waals surface area contributed by atoms with Crippen molar-refractivity contribution in [2.75, 3.05) is 10.2 Å². The lowest BCUT2D eigenvalue weighted by atomic mass is 9.85. The van der Waals surface area contributed by atoms with Crippen LogP contribution in [0.5, 0.6) is 0 Å². The molecule has 2 aliphatic rings. The number of carbonyl (C=O) groups is 2. The second-order valence-corrected chi connectivity index (χ2v) is 7.82. The van der Waals surface area contributed by atoms with Gasteiger partial charge in [0.1, 0.15) is 0 Å². The predicted molar refractivity (Wildman–Crippen MR) is 113 cm³/mol. The maximum atomic E-state index is 13.1. The summed E-state index contributed by atoms with van der Waals surface area (Å²) in [6, 6.07) is 12.4. The van der Waals surface area contributed by atoms with E-state index in [1.54, 1.807) is 17.0 Å². The SMILES string of the molecule is CCC(=O)N1c2ccccc2NC2=C(C(=O)CCC2)[C@H]1c1ccc(Cl)c(Cl)c1. The van der Waals surface area contributed by atoms with Crippen LogP contribution in [0.3, 0.4) is 0 Å². The van der Waals surface area contributed by atoms with Gasteiger partial charge >= 0.3 is 0 Å². The molecule has 4 nitrogen and oxygen atoms in total. The van der Waals surface area contributed by atoms with Crippen LogP contribution < -0.4 is 10.2 Å². The highest BCUT2D eigenvalue weighted by atomic mass is 35.5. The van der Waals surface area contributed by atoms with E-state index in [2.05, 4.69) is 5.32 Å². The lowest BCUT2D eigenvalue weighted by Crippen LogP contribution is -2.37. The number of carbonyl (C=O) groups excluding carboxylic acids is 2. The van der Waals surface area contributed by atoms with Crippen molar-refractivity contribution in [3.8, 4) is 0 Å². The van der Waals surface area contributed by atoms with Gasteiger partial charge < -0.3 is 5.32 Å². The van der Waals surface area contributed by atoms with Crippen molar-refractivity contribution in [3.63, 3.8) is 0 Å². The first-order valence-corrected chi connectivity index (χ1v) is 10.2. The molecule has 1 atom stereocenters. The molecule has 28 heavy (non-hydrogen) atoms. The second-order valence-electron chi connectivity index (χ2n) is 7.00. The highest BCUT2D eigenvalue weighted by molar-refractivity contribution is 6.42. The Balaban J connectivity index is 2.01. The van der Waals surface area contributed by atoms with E-state index < -0.39 is 6.04 Å². The first kappa shape index (κ1) is 19.0. The average Bonchev–Trinajstić information content (AvgIpc) is 2.84. The summed E-state index contributed by atoms with van der Waals surface area (Å²) >= 11 is 12.4. The molecule has 0 saturated carbocycles. The van der Waals surface area contributed by atoms with E-state index in [9.17, 15) is 9.59 Å². The lowest BCUT2D eigenvalue weighted by molar-refractivity contribution is -0.118. The van der Waals surface area contributed by atoms with Gasteiger partial charge in [-0.05, 0) is 42.7 Å². The third-order valence-corrected chi connectivity index (χ3v) is 6.01. The van der Waals surface area contributed by atoms with Gasteiger partial charge in [0.2, 0.25) is 5.91 Å². The number of ketones is 1. The number of Topliss-reactive ketones (excluding diaryl/α,β-unsaturated/α-hetero) is 1. The summed E-state index contributed by atoms with van der Waals surface area (Å²) in [6.45, 7) is 1.83. The number of nitrogens with one attached hydrogen (secondary N) is 1. The van der Waals surface area contributed by atoms with E-state index in [0.29, 0.717) is 28.5 Å². The van der Waals surface area contributed by atoms with E-state index in [1.807, 2.05) is 37.3 Å². The first-order chi connectivity index (χ1) is 13.5. The Hall–Kier alpha value is -2.30. The molecule has 144 valence electrons. The summed E-state index contributed by atoms with van der Waals surface area (Å²) < 4.78 is 0. The minimum Gasteiger partial charge on any atom is -0.357 e. The third kappa shape index (κ3) is 3.21. The Labute approximate surface area is 174 Å². The molecule has 1 amide bonds. The molecule has 2 aromatic rings. The fraction of sp³-hybridized carbons (Fsp3) is 0.273. The van der Waals surface area contributed by atoms with Crippen LogP contribution in [0, 0.1) is 0 Å². The fourth-order valence-electron chi connectivity index (χ4n) is 3.98. The van der Waals surface area contributed by atoms with Gasteiger partial charge in [-0.15, -0.1) is 0 Å². The number of allylic oxidation sites excluding steroid dienone is 1. The summed E-state index contributed by atoms with van der Waals surface area (Å²) in [5.41, 5.74) is 3.88. The zero-order valence-corrected chi connectivity index (χ0v) is 17.0. The Morgan fingerprint density at radius 1 is 1.14 bits per heavy atom. The molecule has 0 radical (unpaired) electrons. The van der Waals surface area contributed by atoms with Crippen LogP contribution in [0.4, 0.5) is 11.4 Å². The van der Waals surface area contributed by atoms with Crippen LogP contribution in [0.15, 0.2) is 53.7 Å². The van der Waals surface area contributed by atoms with Gasteiger partial charge in [-0.2, -0.15) is 0 Å². The fourth-order valence-corrected chi connectivity index (χ4v) is 4.28. The predicted octanol–water partition coefficient (Wildman–Crippen LogP) is 5.91. The topological polar surface area (TPSA) is 49.4 Å². The van der Waals surface area contributed by atoms with Crippen LogP contribution in [0.2, 0.25) is 10.0 Å². The molecule has 0 unspecified atom stereocenters. The van der Waals surface area contributed by atoms with Crippen LogP contribution in [0.1, 0.15) is 44.2 Å². The van der Waals surface area contributed by atoms with Crippen molar-refractivity contribution in [1.82, 2.24) is 0 Å². The average molecular weight is 415 g/mol. The second kappa shape index (κ2) is 7.61. The third-order valence-electron chi connectivity index (χ3n) is 5.27. The first-order valence-electron chi connectivity index (χ1n) is 9.40. The van der Waals surface area contributed by atoms with Gasteiger partial charge in [-0.25, -0.2) is 0 Å². The largest absolute Gasteiger partial charge is 0.357 e. The summed E-state index contributed by atoms with van der Waals surface area (Å²) in [6.07, 6.45) is 2.36. The van der Waals surface area contributed by atoms with Crippen molar-refractivity contribution in [2.24, 2.45) is 0 Å². The minimum atomic E-state index is -0.541. The number of para-hydroxylation sites is 2. The van der Waals surface area contributed by atoms with Crippen molar-refractivity contribution >= 4 is 46.3 Å². The molecule has 1 aliphatic heterocycles. The number of amides is 1. The number of hydrogen-bond donors (Lipinski definition) is 1. The molecule has 0 fully saturated rings. The van der Waals surface area contributed by atoms with Gasteiger partial charge in [-0.1, -0.05) is 48.3 Å². The number of fused-ring (bicyclic) bond motifs is 1. The van der Waals surface area contributed by atoms with Crippen molar-refractivity contribution in [1.29, 1.82) is 0 Å². The molecule has 0 spiro atoms. The quantitative estimate of drug-likeness (QED) is 0.664. The number of benzene rings is 2. The molecule has 4 rings (SSSR count). The molecule has 2 aromatic carbocycles. The van der Waals surface area contributed by atoms with Gasteiger partial charge in [0.05, 0.1) is 27.5 Å². The van der Waals surface area contributed by atoms with Crippen LogP contribution in [0.25, 0.3) is 0 Å². The standard InChI is InChI=1S/C22H20Cl2N2O2/c1-2-20(28)26-18-8-4-3-6-16(18)25-17-7-5-9-19(27)21(17)22(26)13-10-11-14(23)15(24)12-13/h3-4,6,8,10-12,22,25H,2,5,7,9H2,1H3/t22-/m1/s1.